The van der Waals surface area contributed by atoms with E-state index >= 15 is 0 Å². The highest BCUT2D eigenvalue weighted by atomic mass is 16.5. The second-order valence-electron chi connectivity index (χ2n) is 6.87. The predicted octanol–water partition coefficient (Wildman–Crippen LogP) is 0.460. The number of carbonyl (C=O) groups is 3. The molecule has 4 amide bonds. The molecule has 2 fully saturated rings. The van der Waals surface area contributed by atoms with E-state index in [1.807, 2.05) is 30.3 Å². The lowest BCUT2D eigenvalue weighted by Crippen LogP contribution is -2.46. The number of para-hydroxylation sites is 1. The first-order valence-electron chi connectivity index (χ1n) is 8.88. The molecule has 0 spiro atoms. The number of rotatable bonds is 5. The summed E-state index contributed by atoms with van der Waals surface area (Å²) in [7, 11) is 0. The molecule has 0 unspecified atom stereocenters. The SMILES string of the molecule is O=C1CN(CC(=O)N[C@@H]2COC[C@H]2Cc2ccnc3ccccc23)C(=O)N1. The summed E-state index contributed by atoms with van der Waals surface area (Å²) in [5, 5.41) is 6.21. The van der Waals surface area contributed by atoms with Crippen molar-refractivity contribution in [3.05, 3.63) is 42.1 Å². The van der Waals surface area contributed by atoms with E-state index in [1.54, 1.807) is 6.20 Å². The minimum Gasteiger partial charge on any atom is -0.379 e. The maximum atomic E-state index is 12.3. The van der Waals surface area contributed by atoms with Gasteiger partial charge in [-0.25, -0.2) is 4.79 Å². The molecule has 8 nitrogen and oxygen atoms in total. The summed E-state index contributed by atoms with van der Waals surface area (Å²) in [5.74, 6) is -0.548. The van der Waals surface area contributed by atoms with Crippen LogP contribution in [0.15, 0.2) is 36.5 Å². The molecule has 4 rings (SSSR count). The third kappa shape index (κ3) is 3.75. The number of imide groups is 1. The molecule has 2 aliphatic rings. The van der Waals surface area contributed by atoms with E-state index in [2.05, 4.69) is 15.6 Å². The lowest BCUT2D eigenvalue weighted by atomic mass is 9.93. The number of hydrogen-bond acceptors (Lipinski definition) is 5. The Kier molecular flexibility index (Phi) is 4.72. The molecule has 2 N–H and O–H groups in total. The van der Waals surface area contributed by atoms with Gasteiger partial charge in [0.05, 0.1) is 24.8 Å². The fourth-order valence-electron chi connectivity index (χ4n) is 3.61. The Morgan fingerprint density at radius 1 is 1.26 bits per heavy atom. The molecule has 0 aliphatic carbocycles. The van der Waals surface area contributed by atoms with Crippen LogP contribution in [0.2, 0.25) is 0 Å². The number of urea groups is 1. The lowest BCUT2D eigenvalue weighted by molar-refractivity contribution is -0.122. The van der Waals surface area contributed by atoms with Crippen molar-refractivity contribution in [3.63, 3.8) is 0 Å². The molecule has 0 bridgehead atoms. The average Bonchev–Trinajstić information content (AvgIpc) is 3.21. The summed E-state index contributed by atoms with van der Waals surface area (Å²) in [6.45, 7) is 0.771. The monoisotopic (exact) mass is 368 g/mol. The fraction of sp³-hybridized carbons (Fsp3) is 0.368. The fourth-order valence-corrected chi connectivity index (χ4v) is 3.61. The summed E-state index contributed by atoms with van der Waals surface area (Å²) in [6, 6.07) is 9.30. The molecule has 2 aromatic rings. The van der Waals surface area contributed by atoms with Crippen LogP contribution in [0, 0.1) is 5.92 Å². The van der Waals surface area contributed by atoms with Crippen LogP contribution in [-0.4, -0.2) is 60.1 Å². The topological polar surface area (TPSA) is 101 Å². The van der Waals surface area contributed by atoms with Gasteiger partial charge in [-0.1, -0.05) is 18.2 Å². The Morgan fingerprint density at radius 2 is 2.11 bits per heavy atom. The van der Waals surface area contributed by atoms with E-state index in [-0.39, 0.29) is 36.9 Å². The third-order valence-electron chi connectivity index (χ3n) is 4.97. The number of nitrogens with one attached hydrogen (secondary N) is 2. The summed E-state index contributed by atoms with van der Waals surface area (Å²) in [6.07, 6.45) is 2.56. The zero-order valence-corrected chi connectivity index (χ0v) is 14.7. The number of carbonyl (C=O) groups excluding carboxylic acids is 3. The van der Waals surface area contributed by atoms with Crippen molar-refractivity contribution in [2.75, 3.05) is 26.3 Å². The van der Waals surface area contributed by atoms with Crippen molar-refractivity contribution < 1.29 is 19.1 Å². The van der Waals surface area contributed by atoms with Crippen LogP contribution in [0.5, 0.6) is 0 Å². The van der Waals surface area contributed by atoms with Gasteiger partial charge in [0.1, 0.15) is 13.1 Å². The van der Waals surface area contributed by atoms with E-state index in [0.29, 0.717) is 13.2 Å². The maximum Gasteiger partial charge on any atom is 0.325 e. The molecule has 3 heterocycles. The van der Waals surface area contributed by atoms with Gasteiger partial charge < -0.3 is 15.0 Å². The summed E-state index contributed by atoms with van der Waals surface area (Å²) in [5.41, 5.74) is 2.11. The van der Waals surface area contributed by atoms with Crippen LogP contribution in [0.3, 0.4) is 0 Å². The van der Waals surface area contributed by atoms with Crippen molar-refractivity contribution in [1.82, 2.24) is 20.5 Å². The molecule has 2 aliphatic heterocycles. The molecular weight excluding hydrogens is 348 g/mol. The Bertz CT molecular complexity index is 895. The van der Waals surface area contributed by atoms with E-state index < -0.39 is 6.03 Å². The number of nitrogens with zero attached hydrogens (tertiary/aromatic N) is 2. The Morgan fingerprint density at radius 3 is 2.93 bits per heavy atom. The lowest BCUT2D eigenvalue weighted by Gasteiger charge is -2.21. The van der Waals surface area contributed by atoms with E-state index in [1.165, 1.54) is 10.5 Å². The number of pyridine rings is 1. The third-order valence-corrected chi connectivity index (χ3v) is 4.97. The average molecular weight is 368 g/mol. The Balaban J connectivity index is 1.41. The van der Waals surface area contributed by atoms with Gasteiger partial charge in [0.25, 0.3) is 0 Å². The van der Waals surface area contributed by atoms with Gasteiger partial charge in [-0.05, 0) is 24.1 Å². The van der Waals surface area contributed by atoms with E-state index in [4.69, 9.17) is 4.74 Å². The molecule has 2 atom stereocenters. The summed E-state index contributed by atoms with van der Waals surface area (Å²) >= 11 is 0. The number of fused-ring (bicyclic) bond motifs is 1. The number of hydrogen-bond donors (Lipinski definition) is 2. The molecule has 8 heteroatoms. The van der Waals surface area contributed by atoms with E-state index in [0.717, 1.165) is 17.3 Å². The number of aromatic nitrogens is 1. The zero-order chi connectivity index (χ0) is 18.8. The molecule has 1 aromatic heterocycles. The first kappa shape index (κ1) is 17.4. The second-order valence-corrected chi connectivity index (χ2v) is 6.87. The standard InChI is InChI=1S/C19H20N4O4/c24-17(8-23-9-18(25)22-19(23)26)21-16-11-27-10-13(16)7-12-5-6-20-15-4-2-1-3-14(12)15/h1-6,13,16H,7-11H2,(H,21,24)(H,22,25,26)/t13-,16-/m1/s1. The van der Waals surface area contributed by atoms with E-state index in [9.17, 15) is 14.4 Å². The molecule has 2 saturated heterocycles. The van der Waals surface area contributed by atoms with Crippen molar-refractivity contribution in [2.24, 2.45) is 5.92 Å². The number of benzene rings is 1. The van der Waals surface area contributed by atoms with Crippen molar-refractivity contribution in [1.29, 1.82) is 0 Å². The Hall–Kier alpha value is -3.00. The maximum absolute atomic E-state index is 12.3. The van der Waals surface area contributed by atoms with Crippen LogP contribution in [-0.2, 0) is 20.7 Å². The quantitative estimate of drug-likeness (QED) is 0.747. The number of ether oxygens (including phenoxy) is 1. The van der Waals surface area contributed by atoms with Crippen LogP contribution < -0.4 is 10.6 Å². The second kappa shape index (κ2) is 7.32. The van der Waals surface area contributed by atoms with Gasteiger partial charge in [0.2, 0.25) is 11.8 Å². The minimum atomic E-state index is -0.530. The zero-order valence-electron chi connectivity index (χ0n) is 14.7. The highest BCUT2D eigenvalue weighted by molar-refractivity contribution is 6.03. The number of amides is 4. The van der Waals surface area contributed by atoms with Crippen LogP contribution in [0.1, 0.15) is 5.56 Å². The van der Waals surface area contributed by atoms with Gasteiger partial charge in [-0.2, -0.15) is 0 Å². The molecule has 0 saturated carbocycles. The predicted molar refractivity (Wildman–Crippen MR) is 96.8 cm³/mol. The molecule has 1 aromatic carbocycles. The van der Waals surface area contributed by atoms with Gasteiger partial charge in [-0.15, -0.1) is 0 Å². The van der Waals surface area contributed by atoms with Gasteiger partial charge in [-0.3, -0.25) is 19.9 Å². The van der Waals surface area contributed by atoms with Crippen LogP contribution in [0.25, 0.3) is 10.9 Å². The van der Waals surface area contributed by atoms with Crippen LogP contribution >= 0.6 is 0 Å². The largest absolute Gasteiger partial charge is 0.379 e. The Labute approximate surface area is 155 Å². The minimum absolute atomic E-state index is 0.0835. The van der Waals surface area contributed by atoms with Gasteiger partial charge in [0, 0.05) is 17.5 Å². The summed E-state index contributed by atoms with van der Waals surface area (Å²) < 4.78 is 5.59. The van der Waals surface area contributed by atoms with Crippen molar-refractivity contribution in [2.45, 2.75) is 12.5 Å². The first-order valence-corrected chi connectivity index (χ1v) is 8.88. The summed E-state index contributed by atoms with van der Waals surface area (Å²) in [4.78, 5) is 40.7. The van der Waals surface area contributed by atoms with Crippen molar-refractivity contribution in [3.8, 4) is 0 Å². The van der Waals surface area contributed by atoms with Gasteiger partial charge >= 0.3 is 6.03 Å². The smallest absolute Gasteiger partial charge is 0.325 e. The van der Waals surface area contributed by atoms with Crippen molar-refractivity contribution >= 4 is 28.7 Å². The van der Waals surface area contributed by atoms with Gasteiger partial charge in [0.15, 0.2) is 0 Å². The normalized spacial score (nSPS) is 22.3. The first-order chi connectivity index (χ1) is 13.1. The van der Waals surface area contributed by atoms with Crippen LogP contribution in [0.4, 0.5) is 4.79 Å². The highest BCUT2D eigenvalue weighted by Gasteiger charge is 2.32. The molecule has 27 heavy (non-hydrogen) atoms. The molecular formula is C19H20N4O4. The molecule has 140 valence electrons. The highest BCUT2D eigenvalue weighted by Crippen LogP contribution is 2.24. The molecule has 0 radical (unpaired) electrons.